The number of carbonyl (C=O) groups is 3. The van der Waals surface area contributed by atoms with Crippen molar-refractivity contribution in [1.29, 1.82) is 0 Å². The minimum atomic E-state index is -1.30. The lowest BCUT2D eigenvalue weighted by molar-refractivity contribution is -0.136. The molecule has 0 spiro atoms. The van der Waals surface area contributed by atoms with E-state index in [0.717, 1.165) is 4.90 Å². The average Bonchev–Trinajstić information content (AvgIpc) is 3.05. The van der Waals surface area contributed by atoms with Gasteiger partial charge in [0.05, 0.1) is 17.6 Å². The fourth-order valence-electron chi connectivity index (χ4n) is 2.70. The van der Waals surface area contributed by atoms with Crippen molar-refractivity contribution >= 4 is 40.8 Å². The SMILES string of the molecule is CCOC(=O)C1=NN(N=O)[C@H]2C(=O)N(c3cccc(Cl)c3)C(=O)[C@@H]12. The van der Waals surface area contributed by atoms with Crippen molar-refractivity contribution in [2.45, 2.75) is 13.0 Å². The molecule has 2 heterocycles. The Morgan fingerprint density at radius 1 is 1.38 bits per heavy atom. The first-order chi connectivity index (χ1) is 11.5. The maximum atomic E-state index is 12.7. The van der Waals surface area contributed by atoms with E-state index in [9.17, 15) is 19.3 Å². The van der Waals surface area contributed by atoms with E-state index in [1.54, 1.807) is 19.1 Å². The Balaban J connectivity index is 2.02. The Labute approximate surface area is 140 Å². The number of hydrogen-bond donors (Lipinski definition) is 0. The quantitative estimate of drug-likeness (QED) is 0.457. The fraction of sp³-hybridized carbons (Fsp3) is 0.286. The first-order valence-corrected chi connectivity index (χ1v) is 7.39. The highest BCUT2D eigenvalue weighted by molar-refractivity contribution is 6.46. The summed E-state index contributed by atoms with van der Waals surface area (Å²) in [6.45, 7) is 1.64. The first-order valence-electron chi connectivity index (χ1n) is 7.01. The number of hydrazone groups is 1. The van der Waals surface area contributed by atoms with Crippen molar-refractivity contribution < 1.29 is 19.1 Å². The molecule has 9 nitrogen and oxygen atoms in total. The van der Waals surface area contributed by atoms with Gasteiger partial charge in [-0.25, -0.2) is 9.69 Å². The van der Waals surface area contributed by atoms with Crippen molar-refractivity contribution in [1.82, 2.24) is 5.12 Å². The van der Waals surface area contributed by atoms with E-state index in [2.05, 4.69) is 10.4 Å². The molecule has 124 valence electrons. The lowest BCUT2D eigenvalue weighted by Crippen LogP contribution is -2.36. The molecule has 3 rings (SSSR count). The van der Waals surface area contributed by atoms with Crippen LogP contribution in [0.5, 0.6) is 0 Å². The summed E-state index contributed by atoms with van der Waals surface area (Å²) in [5, 5.41) is 7.13. The molecule has 2 amide bonds. The van der Waals surface area contributed by atoms with Gasteiger partial charge in [-0.3, -0.25) is 9.59 Å². The van der Waals surface area contributed by atoms with Crippen molar-refractivity contribution in [3.05, 3.63) is 34.2 Å². The van der Waals surface area contributed by atoms with Crippen LogP contribution in [0, 0.1) is 10.8 Å². The Bertz CT molecular complexity index is 780. The minimum absolute atomic E-state index is 0.0594. The van der Waals surface area contributed by atoms with Gasteiger partial charge < -0.3 is 4.74 Å². The van der Waals surface area contributed by atoms with Crippen molar-refractivity contribution in [2.24, 2.45) is 16.3 Å². The third-order valence-corrected chi connectivity index (χ3v) is 3.90. The Hall–Kier alpha value is -2.81. The van der Waals surface area contributed by atoms with Gasteiger partial charge in [0.25, 0.3) is 5.91 Å². The van der Waals surface area contributed by atoms with Crippen molar-refractivity contribution in [3.8, 4) is 0 Å². The predicted octanol–water partition coefficient (Wildman–Crippen LogP) is 1.11. The third kappa shape index (κ3) is 2.33. The van der Waals surface area contributed by atoms with Crippen molar-refractivity contribution in [2.75, 3.05) is 11.5 Å². The summed E-state index contributed by atoms with van der Waals surface area (Å²) in [6, 6.07) is 4.80. The molecule has 0 aliphatic carbocycles. The minimum Gasteiger partial charge on any atom is -0.461 e. The molecule has 1 aromatic rings. The van der Waals surface area contributed by atoms with Crippen LogP contribution < -0.4 is 4.90 Å². The molecule has 0 bridgehead atoms. The van der Waals surface area contributed by atoms with Gasteiger partial charge in [-0.05, 0) is 25.1 Å². The molecule has 10 heteroatoms. The summed E-state index contributed by atoms with van der Waals surface area (Å²) >= 11 is 5.89. The molecule has 2 aliphatic rings. The van der Waals surface area contributed by atoms with Crippen LogP contribution >= 0.6 is 11.6 Å². The lowest BCUT2D eigenvalue weighted by Gasteiger charge is -2.16. The summed E-state index contributed by atoms with van der Waals surface area (Å²) in [6.07, 6.45) is 0. The zero-order valence-corrected chi connectivity index (χ0v) is 13.1. The van der Waals surface area contributed by atoms with Crippen molar-refractivity contribution in [3.63, 3.8) is 0 Å². The Morgan fingerprint density at radius 2 is 2.12 bits per heavy atom. The maximum Gasteiger partial charge on any atom is 0.355 e. The molecule has 1 saturated heterocycles. The highest BCUT2D eigenvalue weighted by Gasteiger charge is 2.59. The van der Waals surface area contributed by atoms with E-state index >= 15 is 0 Å². The maximum absolute atomic E-state index is 12.7. The smallest absolute Gasteiger partial charge is 0.355 e. The summed E-state index contributed by atoms with van der Waals surface area (Å²) in [5.74, 6) is -3.51. The number of fused-ring (bicyclic) bond motifs is 1. The standard InChI is InChI=1S/C14H11ClN4O5/c1-2-24-14(22)10-9-11(19(16-10)17-23)13(21)18(12(9)20)8-5-3-4-7(15)6-8/h3-6,9,11H,2H2,1H3/t9-,11+/m0/s1. The van der Waals surface area contributed by atoms with Crippen LogP contribution in [0.25, 0.3) is 0 Å². The fourth-order valence-corrected chi connectivity index (χ4v) is 2.89. The summed E-state index contributed by atoms with van der Waals surface area (Å²) < 4.78 is 4.83. The second-order valence-electron chi connectivity index (χ2n) is 5.02. The molecule has 0 saturated carbocycles. The van der Waals surface area contributed by atoms with E-state index in [1.165, 1.54) is 12.1 Å². The number of carbonyl (C=O) groups excluding carboxylic acids is 3. The van der Waals surface area contributed by atoms with Crippen LogP contribution in [0.4, 0.5) is 5.69 Å². The number of nitrogens with zero attached hydrogens (tertiary/aromatic N) is 4. The molecule has 0 radical (unpaired) electrons. The molecule has 2 aliphatic heterocycles. The zero-order chi connectivity index (χ0) is 17.4. The number of nitroso groups, excluding NO2 is 1. The van der Waals surface area contributed by atoms with Crippen LogP contribution in [0.3, 0.4) is 0 Å². The number of esters is 1. The predicted molar refractivity (Wildman–Crippen MR) is 82.9 cm³/mol. The third-order valence-electron chi connectivity index (χ3n) is 3.66. The summed E-state index contributed by atoms with van der Waals surface area (Å²) in [5.41, 5.74) is -0.0784. The average molecular weight is 351 g/mol. The number of ether oxygens (including phenoxy) is 1. The van der Waals surface area contributed by atoms with E-state index in [0.29, 0.717) is 10.1 Å². The number of anilines is 1. The molecule has 2 atom stereocenters. The van der Waals surface area contributed by atoms with Crippen LogP contribution in [0.2, 0.25) is 5.02 Å². The van der Waals surface area contributed by atoms with Gasteiger partial charge in [-0.1, -0.05) is 17.7 Å². The molecular weight excluding hydrogens is 340 g/mol. The normalized spacial score (nSPS) is 22.5. The zero-order valence-electron chi connectivity index (χ0n) is 12.4. The van der Waals surface area contributed by atoms with E-state index in [-0.39, 0.29) is 18.0 Å². The van der Waals surface area contributed by atoms with Crippen LogP contribution in [0.15, 0.2) is 34.7 Å². The molecule has 1 aromatic carbocycles. The monoisotopic (exact) mass is 350 g/mol. The summed E-state index contributed by atoms with van der Waals surface area (Å²) in [7, 11) is 0. The highest BCUT2D eigenvalue weighted by Crippen LogP contribution is 2.36. The van der Waals surface area contributed by atoms with Gasteiger partial charge >= 0.3 is 5.97 Å². The molecule has 24 heavy (non-hydrogen) atoms. The Kier molecular flexibility index (Phi) is 4.02. The topological polar surface area (TPSA) is 109 Å². The molecule has 1 fully saturated rings. The van der Waals surface area contributed by atoms with Gasteiger partial charge in [0.1, 0.15) is 5.92 Å². The number of hydrogen-bond acceptors (Lipinski definition) is 7. The van der Waals surface area contributed by atoms with E-state index in [1.807, 2.05) is 0 Å². The van der Waals surface area contributed by atoms with Crippen LogP contribution in [-0.4, -0.2) is 41.3 Å². The molecule has 0 N–H and O–H groups in total. The van der Waals surface area contributed by atoms with Gasteiger partial charge in [-0.2, -0.15) is 0 Å². The van der Waals surface area contributed by atoms with Crippen LogP contribution in [-0.2, 0) is 19.1 Å². The number of benzene rings is 1. The van der Waals surface area contributed by atoms with Crippen LogP contribution in [0.1, 0.15) is 6.92 Å². The largest absolute Gasteiger partial charge is 0.461 e. The molecule has 0 unspecified atom stereocenters. The Morgan fingerprint density at radius 3 is 2.75 bits per heavy atom. The van der Waals surface area contributed by atoms with Gasteiger partial charge in [-0.15, -0.1) is 15.1 Å². The number of halogens is 1. The number of rotatable bonds is 4. The lowest BCUT2D eigenvalue weighted by atomic mass is 9.98. The van der Waals surface area contributed by atoms with E-state index < -0.39 is 29.7 Å². The van der Waals surface area contributed by atoms with Gasteiger partial charge in [0.2, 0.25) is 5.91 Å². The van der Waals surface area contributed by atoms with E-state index in [4.69, 9.17) is 16.3 Å². The van der Waals surface area contributed by atoms with Gasteiger partial charge in [0, 0.05) is 5.02 Å². The second kappa shape index (κ2) is 6.00. The van der Waals surface area contributed by atoms with Gasteiger partial charge in [0.15, 0.2) is 11.8 Å². The number of imide groups is 1. The second-order valence-corrected chi connectivity index (χ2v) is 5.46. The molecular formula is C14H11ClN4O5. The number of amides is 2. The highest BCUT2D eigenvalue weighted by atomic mass is 35.5. The molecule has 0 aromatic heterocycles. The summed E-state index contributed by atoms with van der Waals surface area (Å²) in [4.78, 5) is 49.1. The first kappa shape index (κ1) is 16.1.